The molecular formula is C6H13N3. The van der Waals surface area contributed by atoms with Crippen LogP contribution in [-0.4, -0.2) is 18.9 Å². The van der Waals surface area contributed by atoms with E-state index in [1.807, 2.05) is 0 Å². The number of rotatable bonds is 0. The zero-order valence-corrected chi connectivity index (χ0v) is 6.10. The molecule has 3 nitrogen and oxygen atoms in total. The Morgan fingerprint density at radius 2 is 2.11 bits per heavy atom. The van der Waals surface area contributed by atoms with E-state index in [9.17, 15) is 0 Å². The molecule has 1 heterocycles. The molecule has 1 aliphatic heterocycles. The summed E-state index contributed by atoms with van der Waals surface area (Å²) in [6.07, 6.45) is 0. The van der Waals surface area contributed by atoms with E-state index in [0.717, 1.165) is 5.84 Å². The van der Waals surface area contributed by atoms with Crippen LogP contribution in [0, 0.1) is 5.92 Å². The minimum Gasteiger partial charge on any atom is -0.309 e. The van der Waals surface area contributed by atoms with Crippen LogP contribution in [0.5, 0.6) is 0 Å². The van der Waals surface area contributed by atoms with Gasteiger partial charge in [0.05, 0.1) is 0 Å². The van der Waals surface area contributed by atoms with Crippen LogP contribution in [0.1, 0.15) is 13.8 Å². The highest BCUT2D eigenvalue weighted by Gasteiger charge is 2.23. The zero-order chi connectivity index (χ0) is 6.85. The van der Waals surface area contributed by atoms with E-state index >= 15 is 0 Å². The SMILES string of the molecule is CN=C1NNC(C)C1C. The summed E-state index contributed by atoms with van der Waals surface area (Å²) in [4.78, 5) is 4.06. The minimum atomic E-state index is 0.503. The average molecular weight is 127 g/mol. The molecule has 0 bridgehead atoms. The Kier molecular flexibility index (Phi) is 1.71. The molecule has 2 atom stereocenters. The summed E-state index contributed by atoms with van der Waals surface area (Å²) in [5, 5.41) is 0. The monoisotopic (exact) mass is 127 g/mol. The standard InChI is InChI=1S/C6H13N3/c1-4-5(2)8-9-6(4)7-3/h4-5,8H,1-3H3,(H,7,9). The van der Waals surface area contributed by atoms with Gasteiger partial charge in [-0.1, -0.05) is 6.92 Å². The van der Waals surface area contributed by atoms with E-state index in [-0.39, 0.29) is 0 Å². The van der Waals surface area contributed by atoms with E-state index in [1.165, 1.54) is 0 Å². The summed E-state index contributed by atoms with van der Waals surface area (Å²) >= 11 is 0. The van der Waals surface area contributed by atoms with E-state index in [2.05, 4.69) is 29.7 Å². The Morgan fingerprint density at radius 3 is 2.33 bits per heavy atom. The minimum absolute atomic E-state index is 0.503. The first-order valence-corrected chi connectivity index (χ1v) is 3.24. The Morgan fingerprint density at radius 1 is 1.44 bits per heavy atom. The molecule has 52 valence electrons. The lowest BCUT2D eigenvalue weighted by Crippen LogP contribution is -2.29. The molecule has 0 amide bonds. The number of hydrazine groups is 1. The molecule has 0 aromatic carbocycles. The fourth-order valence-corrected chi connectivity index (χ4v) is 0.923. The summed E-state index contributed by atoms with van der Waals surface area (Å²) in [5.74, 6) is 1.58. The fraction of sp³-hybridized carbons (Fsp3) is 0.833. The third-order valence-electron chi connectivity index (χ3n) is 1.85. The van der Waals surface area contributed by atoms with Crippen molar-refractivity contribution < 1.29 is 0 Å². The van der Waals surface area contributed by atoms with Gasteiger partial charge in [-0.05, 0) is 6.92 Å². The molecule has 1 rings (SSSR count). The molecule has 1 fully saturated rings. The second-order valence-corrected chi connectivity index (χ2v) is 2.46. The van der Waals surface area contributed by atoms with Crippen LogP contribution in [0.2, 0.25) is 0 Å². The van der Waals surface area contributed by atoms with E-state index in [4.69, 9.17) is 0 Å². The first-order chi connectivity index (χ1) is 4.25. The van der Waals surface area contributed by atoms with Crippen LogP contribution in [0.15, 0.2) is 4.99 Å². The van der Waals surface area contributed by atoms with Gasteiger partial charge in [0, 0.05) is 19.0 Å². The topological polar surface area (TPSA) is 36.4 Å². The van der Waals surface area contributed by atoms with Crippen LogP contribution in [-0.2, 0) is 0 Å². The van der Waals surface area contributed by atoms with Crippen LogP contribution in [0.3, 0.4) is 0 Å². The molecule has 1 saturated heterocycles. The van der Waals surface area contributed by atoms with Gasteiger partial charge in [-0.2, -0.15) is 0 Å². The van der Waals surface area contributed by atoms with Gasteiger partial charge in [0.1, 0.15) is 5.84 Å². The molecule has 9 heavy (non-hydrogen) atoms. The third kappa shape index (κ3) is 1.05. The van der Waals surface area contributed by atoms with Gasteiger partial charge in [-0.3, -0.25) is 4.99 Å². The normalized spacial score (nSPS) is 39.2. The summed E-state index contributed by atoms with van der Waals surface area (Å²) in [6, 6.07) is 0.503. The lowest BCUT2D eigenvalue weighted by Gasteiger charge is -2.03. The van der Waals surface area contributed by atoms with Gasteiger partial charge >= 0.3 is 0 Å². The van der Waals surface area contributed by atoms with Crippen molar-refractivity contribution >= 4 is 5.84 Å². The summed E-state index contributed by atoms with van der Waals surface area (Å²) < 4.78 is 0. The van der Waals surface area contributed by atoms with Crippen LogP contribution >= 0.6 is 0 Å². The molecule has 2 N–H and O–H groups in total. The number of nitrogens with zero attached hydrogens (tertiary/aromatic N) is 1. The van der Waals surface area contributed by atoms with Gasteiger partial charge in [-0.25, -0.2) is 5.43 Å². The summed E-state index contributed by atoms with van der Waals surface area (Å²) in [5.41, 5.74) is 6.10. The van der Waals surface area contributed by atoms with Crippen molar-refractivity contribution in [1.82, 2.24) is 10.9 Å². The van der Waals surface area contributed by atoms with Crippen molar-refractivity contribution in [2.75, 3.05) is 7.05 Å². The predicted octanol–water partition coefficient (Wildman–Crippen LogP) is 0.147. The lowest BCUT2D eigenvalue weighted by molar-refractivity contribution is 0.532. The smallest absolute Gasteiger partial charge is 0.115 e. The Balaban J connectivity index is 2.62. The molecule has 0 spiro atoms. The van der Waals surface area contributed by atoms with Gasteiger partial charge in [0.2, 0.25) is 0 Å². The van der Waals surface area contributed by atoms with Crippen molar-refractivity contribution in [2.45, 2.75) is 19.9 Å². The lowest BCUT2D eigenvalue weighted by atomic mass is 10.1. The molecule has 0 saturated carbocycles. The van der Waals surface area contributed by atoms with E-state index in [1.54, 1.807) is 7.05 Å². The quantitative estimate of drug-likeness (QED) is 0.486. The maximum absolute atomic E-state index is 4.06. The van der Waals surface area contributed by atoms with Gasteiger partial charge in [-0.15, -0.1) is 0 Å². The van der Waals surface area contributed by atoms with Crippen molar-refractivity contribution in [2.24, 2.45) is 10.9 Å². The Labute approximate surface area is 55.5 Å². The molecule has 0 aromatic rings. The molecular weight excluding hydrogens is 114 g/mol. The number of amidine groups is 1. The first-order valence-electron chi connectivity index (χ1n) is 3.24. The molecule has 0 aliphatic carbocycles. The highest BCUT2D eigenvalue weighted by Crippen LogP contribution is 2.07. The molecule has 2 unspecified atom stereocenters. The summed E-state index contributed by atoms with van der Waals surface area (Å²) in [7, 11) is 1.80. The van der Waals surface area contributed by atoms with Crippen LogP contribution < -0.4 is 10.9 Å². The van der Waals surface area contributed by atoms with Crippen molar-refractivity contribution in [3.05, 3.63) is 0 Å². The largest absolute Gasteiger partial charge is 0.309 e. The highest BCUT2D eigenvalue weighted by atomic mass is 15.4. The van der Waals surface area contributed by atoms with Crippen molar-refractivity contribution in [3.63, 3.8) is 0 Å². The number of hydrogen-bond acceptors (Lipinski definition) is 2. The fourth-order valence-electron chi connectivity index (χ4n) is 0.923. The third-order valence-corrected chi connectivity index (χ3v) is 1.85. The first kappa shape index (κ1) is 6.55. The molecule has 3 heteroatoms. The molecule has 0 radical (unpaired) electrons. The van der Waals surface area contributed by atoms with Crippen molar-refractivity contribution in [1.29, 1.82) is 0 Å². The maximum Gasteiger partial charge on any atom is 0.115 e. The number of aliphatic imine (C=N–C) groups is 1. The Hall–Kier alpha value is -0.570. The van der Waals surface area contributed by atoms with E-state index < -0.39 is 0 Å². The number of hydrogen-bond donors (Lipinski definition) is 2. The van der Waals surface area contributed by atoms with Gasteiger partial charge in [0.15, 0.2) is 0 Å². The van der Waals surface area contributed by atoms with Crippen molar-refractivity contribution in [3.8, 4) is 0 Å². The van der Waals surface area contributed by atoms with Crippen LogP contribution in [0.25, 0.3) is 0 Å². The maximum atomic E-state index is 4.06. The number of nitrogens with one attached hydrogen (secondary N) is 2. The van der Waals surface area contributed by atoms with Crippen LogP contribution in [0.4, 0.5) is 0 Å². The Bertz CT molecular complexity index is 130. The second-order valence-electron chi connectivity index (χ2n) is 2.46. The average Bonchev–Trinajstić information content (AvgIpc) is 2.15. The van der Waals surface area contributed by atoms with Gasteiger partial charge in [0.25, 0.3) is 0 Å². The molecule has 1 aliphatic rings. The van der Waals surface area contributed by atoms with Gasteiger partial charge < -0.3 is 5.43 Å². The highest BCUT2D eigenvalue weighted by molar-refractivity contribution is 5.86. The predicted molar refractivity (Wildman–Crippen MR) is 38.3 cm³/mol. The summed E-state index contributed by atoms with van der Waals surface area (Å²) in [6.45, 7) is 4.29. The second kappa shape index (κ2) is 2.35. The van der Waals surface area contributed by atoms with E-state index in [0.29, 0.717) is 12.0 Å². The zero-order valence-electron chi connectivity index (χ0n) is 6.10. The molecule has 0 aromatic heterocycles.